The van der Waals surface area contributed by atoms with Crippen LogP contribution in [-0.2, 0) is 0 Å². The molecular weight excluding hydrogens is 683 g/mol. The van der Waals surface area contributed by atoms with Crippen LogP contribution in [0.3, 0.4) is 0 Å². The van der Waals surface area contributed by atoms with Gasteiger partial charge in [-0.3, -0.25) is 4.57 Å². The molecule has 11 rings (SSSR count). The largest absolute Gasteiger partial charge is 0.307 e. The van der Waals surface area contributed by atoms with E-state index in [2.05, 4.69) is 106 Å². The molecule has 0 spiro atoms. The molecule has 0 aliphatic rings. The topological polar surface area (TPSA) is 48.5 Å². The first-order chi connectivity index (χ1) is 28.6. The number of hydrogen-bond acceptors (Lipinski definition) is 3. The molecule has 0 N–H and O–H groups in total. The molecule has 5 heteroatoms. The fraction of sp³-hybridized carbons (Fsp3) is 0. The predicted octanol–water partition coefficient (Wildman–Crippen LogP) is 12.7. The van der Waals surface area contributed by atoms with E-state index in [1.54, 1.807) is 0 Å². The second kappa shape index (κ2) is 13.0. The van der Waals surface area contributed by atoms with Gasteiger partial charge in [-0.1, -0.05) is 176 Å². The van der Waals surface area contributed by atoms with Crippen molar-refractivity contribution in [3.05, 3.63) is 200 Å². The van der Waals surface area contributed by atoms with Crippen LogP contribution in [0.25, 0.3) is 100 Å². The van der Waals surface area contributed by atoms with Crippen LogP contribution in [0.15, 0.2) is 200 Å². The highest BCUT2D eigenvalue weighted by Gasteiger charge is 2.23. The molecule has 0 aliphatic carbocycles. The molecule has 0 atom stereocenters. The van der Waals surface area contributed by atoms with Crippen molar-refractivity contribution in [2.75, 3.05) is 0 Å². The molecule has 0 unspecified atom stereocenters. The summed E-state index contributed by atoms with van der Waals surface area (Å²) >= 11 is 0. The Hall–Kier alpha value is -7.63. The van der Waals surface area contributed by atoms with Gasteiger partial charge in [-0.25, -0.2) is 4.98 Å². The van der Waals surface area contributed by atoms with Gasteiger partial charge in [0.25, 0.3) is 0 Å². The first-order valence-corrected chi connectivity index (χ1v) is 18.7. The minimum atomic E-state index is 0.160. The summed E-state index contributed by atoms with van der Waals surface area (Å²) in [5, 5.41) is 3.13. The normalized spacial score (nSPS) is 12.1. The van der Waals surface area contributed by atoms with E-state index >= 15 is 0 Å². The molecule has 0 radical (unpaired) electrons. The second-order valence-electron chi connectivity index (χ2n) is 13.9. The van der Waals surface area contributed by atoms with Crippen LogP contribution in [0, 0.1) is 0 Å². The highest BCUT2D eigenvalue weighted by molar-refractivity contribution is 6.23. The molecule has 0 saturated carbocycles. The van der Waals surface area contributed by atoms with E-state index in [1.807, 2.05) is 91.0 Å². The number of fused-ring (bicyclic) bond motifs is 7. The van der Waals surface area contributed by atoms with Crippen LogP contribution in [0.2, 0.25) is 0 Å². The van der Waals surface area contributed by atoms with Gasteiger partial charge in [-0.15, -0.1) is 0 Å². The fourth-order valence-electron chi connectivity index (χ4n) is 7.99. The quantitative estimate of drug-likeness (QED) is 0.172. The number of hydrogen-bond donors (Lipinski definition) is 0. The third-order valence-electron chi connectivity index (χ3n) is 10.6. The summed E-state index contributed by atoms with van der Waals surface area (Å²) in [5.41, 5.74) is 10.4. The second-order valence-corrected chi connectivity index (χ2v) is 13.9. The summed E-state index contributed by atoms with van der Waals surface area (Å²) in [5.74, 6) is 1.50. The van der Waals surface area contributed by atoms with Crippen molar-refractivity contribution in [3.8, 4) is 56.7 Å². The van der Waals surface area contributed by atoms with Crippen molar-refractivity contribution < 1.29 is 2.74 Å². The summed E-state index contributed by atoms with van der Waals surface area (Å²) in [7, 11) is 0. The third-order valence-corrected chi connectivity index (χ3v) is 10.6. The molecular formula is C51H33N5. The van der Waals surface area contributed by atoms with E-state index in [1.165, 1.54) is 0 Å². The van der Waals surface area contributed by atoms with Crippen LogP contribution in [0.1, 0.15) is 2.74 Å². The van der Waals surface area contributed by atoms with Gasteiger partial charge >= 0.3 is 0 Å². The zero-order valence-corrected chi connectivity index (χ0v) is 30.1. The van der Waals surface area contributed by atoms with Crippen LogP contribution < -0.4 is 0 Å². The van der Waals surface area contributed by atoms with E-state index in [4.69, 9.17) is 15.0 Å². The van der Waals surface area contributed by atoms with E-state index in [0.29, 0.717) is 28.4 Å². The lowest BCUT2D eigenvalue weighted by atomic mass is 10.0. The third kappa shape index (κ3) is 5.21. The zero-order valence-electron chi connectivity index (χ0n) is 32.1. The average molecular weight is 718 g/mol. The van der Waals surface area contributed by atoms with Gasteiger partial charge in [-0.05, 0) is 46.5 Å². The van der Waals surface area contributed by atoms with Crippen molar-refractivity contribution in [2.45, 2.75) is 0 Å². The molecule has 0 saturated heterocycles. The lowest BCUT2D eigenvalue weighted by Gasteiger charge is -2.14. The van der Waals surface area contributed by atoms with Gasteiger partial charge in [0.1, 0.15) is 0 Å². The molecule has 11 aromatic rings. The lowest BCUT2D eigenvalue weighted by molar-refractivity contribution is 0.953. The molecule has 0 aliphatic heterocycles. The summed E-state index contributed by atoms with van der Waals surface area (Å²) in [6, 6.07) is 64.1. The van der Waals surface area contributed by atoms with E-state index in [-0.39, 0.29) is 12.1 Å². The van der Waals surface area contributed by atoms with Gasteiger partial charge in [-0.2, -0.15) is 9.97 Å². The molecule has 0 fully saturated rings. The summed E-state index contributed by atoms with van der Waals surface area (Å²) in [6.07, 6.45) is 0. The Morgan fingerprint density at radius 2 is 0.768 bits per heavy atom. The van der Waals surface area contributed by atoms with E-state index in [0.717, 1.165) is 71.9 Å². The molecule has 8 aromatic carbocycles. The minimum absolute atomic E-state index is 0.160. The molecule has 5 nitrogen and oxygen atoms in total. The van der Waals surface area contributed by atoms with Crippen molar-refractivity contribution in [2.24, 2.45) is 0 Å². The maximum absolute atomic E-state index is 9.65. The molecule has 0 amide bonds. The van der Waals surface area contributed by atoms with Gasteiger partial charge < -0.3 is 4.57 Å². The summed E-state index contributed by atoms with van der Waals surface area (Å²) in [4.78, 5) is 15.6. The van der Waals surface area contributed by atoms with Crippen molar-refractivity contribution in [1.82, 2.24) is 24.1 Å². The fourth-order valence-corrected chi connectivity index (χ4v) is 7.99. The Bertz CT molecular complexity index is 3340. The number of rotatable bonds is 6. The first-order valence-electron chi connectivity index (χ1n) is 19.7. The predicted molar refractivity (Wildman–Crippen MR) is 230 cm³/mol. The van der Waals surface area contributed by atoms with Crippen molar-refractivity contribution in [3.63, 3.8) is 0 Å². The zero-order chi connectivity index (χ0) is 38.7. The van der Waals surface area contributed by atoms with Crippen LogP contribution in [-0.4, -0.2) is 24.1 Å². The van der Waals surface area contributed by atoms with Gasteiger partial charge in [0, 0.05) is 38.4 Å². The van der Waals surface area contributed by atoms with Gasteiger partial charge in [0.15, 0.2) is 11.6 Å². The number of benzene rings is 8. The Morgan fingerprint density at radius 1 is 0.339 bits per heavy atom. The Morgan fingerprint density at radius 3 is 1.38 bits per heavy atom. The van der Waals surface area contributed by atoms with E-state index < -0.39 is 0 Å². The molecule has 3 aromatic heterocycles. The molecule has 3 heterocycles. The van der Waals surface area contributed by atoms with E-state index in [9.17, 15) is 2.74 Å². The van der Waals surface area contributed by atoms with Crippen LogP contribution in [0.5, 0.6) is 0 Å². The summed E-state index contributed by atoms with van der Waals surface area (Å²) < 4.78 is 23.6. The Balaban J connectivity index is 1.25. The minimum Gasteiger partial charge on any atom is -0.307 e. The van der Waals surface area contributed by atoms with Crippen molar-refractivity contribution >= 4 is 43.6 Å². The lowest BCUT2D eigenvalue weighted by Crippen LogP contribution is -2.07. The monoisotopic (exact) mass is 717 g/mol. The number of para-hydroxylation sites is 2. The SMILES string of the molecule is [2H]c1c([2H])c2c3ccccc3n(-c3nc(-c4ccccc4)nc(-c4ccc(-c5ccccc5)cc4)n3)c2c2c1c1ccccc1n2-c1cccc(-c2ccccc2)c1. The number of nitrogens with zero attached hydrogens (tertiary/aromatic N) is 5. The van der Waals surface area contributed by atoms with Crippen molar-refractivity contribution in [1.29, 1.82) is 0 Å². The van der Waals surface area contributed by atoms with Gasteiger partial charge in [0.05, 0.1) is 24.8 Å². The highest BCUT2D eigenvalue weighted by Crippen LogP contribution is 2.42. The van der Waals surface area contributed by atoms with Gasteiger partial charge in [0.2, 0.25) is 5.95 Å². The molecule has 0 bridgehead atoms. The molecule has 262 valence electrons. The standard InChI is InChI=1S/C51H33N5/c1-4-15-34(16-5-1)36-27-29-38(30-28-36)50-52-49(37-19-8-3-9-20-37)53-51(54-50)56-46-26-13-11-24-42(46)44-32-31-43-41-23-10-12-25-45(41)55(47(43)48(44)56)40-22-14-21-39(33-40)35-17-6-2-7-18-35/h1-33H/i31D,32D. The first kappa shape index (κ1) is 29.8. The number of aromatic nitrogens is 5. The highest BCUT2D eigenvalue weighted by atomic mass is 15.2. The van der Waals surface area contributed by atoms with Crippen LogP contribution in [0.4, 0.5) is 0 Å². The van der Waals surface area contributed by atoms with Crippen LogP contribution >= 0.6 is 0 Å². The maximum Gasteiger partial charge on any atom is 0.238 e. The smallest absolute Gasteiger partial charge is 0.238 e. The molecule has 56 heavy (non-hydrogen) atoms. The Labute approximate surface area is 326 Å². The Kier molecular flexibility index (Phi) is 6.94. The average Bonchev–Trinajstić information content (AvgIpc) is 3.83. The summed E-state index contributed by atoms with van der Waals surface area (Å²) in [6.45, 7) is 0. The maximum atomic E-state index is 9.65.